The van der Waals surface area contributed by atoms with Crippen molar-refractivity contribution in [2.24, 2.45) is 7.05 Å². The van der Waals surface area contributed by atoms with Crippen LogP contribution >= 0.6 is 23.5 Å². The zero-order valence-electron chi connectivity index (χ0n) is 16.9. The number of benzene rings is 2. The normalized spacial score (nSPS) is 16.2. The first-order valence-electron chi connectivity index (χ1n) is 10.0. The molecule has 0 bridgehead atoms. The fourth-order valence-electron chi connectivity index (χ4n) is 3.67. The number of rotatable bonds is 5. The van der Waals surface area contributed by atoms with Crippen LogP contribution in [0.15, 0.2) is 86.6 Å². The molecule has 0 amide bonds. The summed E-state index contributed by atoms with van der Waals surface area (Å²) < 4.78 is 21.7. The zero-order valence-corrected chi connectivity index (χ0v) is 18.6. The van der Waals surface area contributed by atoms with Crippen molar-refractivity contribution < 1.29 is 8.81 Å². The second-order valence-corrected chi connectivity index (χ2v) is 9.60. The van der Waals surface area contributed by atoms with Gasteiger partial charge in [-0.3, -0.25) is 0 Å². The van der Waals surface area contributed by atoms with E-state index in [9.17, 15) is 4.39 Å². The summed E-state index contributed by atoms with van der Waals surface area (Å²) in [6.07, 6.45) is 2.59. The molecule has 31 heavy (non-hydrogen) atoms. The minimum Gasteiger partial charge on any atom is -0.453 e. The van der Waals surface area contributed by atoms with Gasteiger partial charge in [0.15, 0.2) is 10.2 Å². The summed E-state index contributed by atoms with van der Waals surface area (Å²) in [6, 6.07) is 19.4. The highest BCUT2D eigenvalue weighted by molar-refractivity contribution is 7.99. The van der Waals surface area contributed by atoms with Gasteiger partial charge in [-0.05, 0) is 60.1 Å². The predicted octanol–water partition coefficient (Wildman–Crippen LogP) is 5.94. The zero-order chi connectivity index (χ0) is 21.2. The van der Waals surface area contributed by atoms with E-state index in [2.05, 4.69) is 39.4 Å². The van der Waals surface area contributed by atoms with Crippen LogP contribution in [0.25, 0.3) is 0 Å². The van der Waals surface area contributed by atoms with E-state index in [-0.39, 0.29) is 11.1 Å². The largest absolute Gasteiger partial charge is 0.453 e. The lowest BCUT2D eigenvalue weighted by Crippen LogP contribution is -2.23. The number of fused-ring (bicyclic) bond motifs is 1. The first-order chi connectivity index (χ1) is 15.2. The van der Waals surface area contributed by atoms with E-state index in [1.54, 1.807) is 30.2 Å². The molecule has 8 heteroatoms. The lowest BCUT2D eigenvalue weighted by molar-refractivity contribution is 0.426. The highest BCUT2D eigenvalue weighted by Gasteiger charge is 2.24. The van der Waals surface area contributed by atoms with Crippen LogP contribution in [-0.2, 0) is 13.6 Å². The van der Waals surface area contributed by atoms with Crippen LogP contribution in [0, 0.1) is 5.82 Å². The molecule has 5 nitrogen and oxygen atoms in total. The summed E-state index contributed by atoms with van der Waals surface area (Å²) in [7, 11) is 1.91. The maximum Gasteiger partial charge on any atom is 0.198 e. The van der Waals surface area contributed by atoms with Crippen molar-refractivity contribution in [3.8, 4) is 0 Å². The Morgan fingerprint density at radius 2 is 2.06 bits per heavy atom. The van der Waals surface area contributed by atoms with E-state index in [1.165, 1.54) is 28.4 Å². The second-order valence-electron chi connectivity index (χ2n) is 7.39. The monoisotopic (exact) mass is 452 g/mol. The van der Waals surface area contributed by atoms with Gasteiger partial charge in [-0.2, -0.15) is 0 Å². The molecule has 0 radical (unpaired) electrons. The molecular weight excluding hydrogens is 431 g/mol. The molecule has 0 N–H and O–H groups in total. The summed E-state index contributed by atoms with van der Waals surface area (Å²) in [5.74, 6) is 0.713. The molecule has 1 aliphatic heterocycles. The Bertz CT molecular complexity index is 1190. The lowest BCUT2D eigenvalue weighted by atomic mass is 10.1. The third kappa shape index (κ3) is 4.50. The van der Waals surface area contributed by atoms with Crippen molar-refractivity contribution in [3.05, 3.63) is 84.1 Å². The average Bonchev–Trinajstić information content (AvgIpc) is 3.34. The molecule has 2 aromatic heterocycles. The van der Waals surface area contributed by atoms with E-state index < -0.39 is 0 Å². The molecule has 5 rings (SSSR count). The number of nitrogens with zero attached hydrogens (tertiary/aromatic N) is 4. The number of aryl methyl sites for hydroxylation is 1. The number of anilines is 1. The summed E-state index contributed by atoms with van der Waals surface area (Å²) >= 11 is 3.26. The van der Waals surface area contributed by atoms with Gasteiger partial charge in [0.25, 0.3) is 0 Å². The fourth-order valence-corrected chi connectivity index (χ4v) is 5.70. The molecule has 3 heterocycles. The number of para-hydroxylation sites is 1. The molecule has 1 aliphatic rings. The maximum atomic E-state index is 13.8. The van der Waals surface area contributed by atoms with Gasteiger partial charge in [-0.1, -0.05) is 24.3 Å². The Morgan fingerprint density at radius 3 is 2.90 bits per heavy atom. The van der Waals surface area contributed by atoms with Crippen LogP contribution in [0.4, 0.5) is 10.1 Å². The predicted molar refractivity (Wildman–Crippen MR) is 121 cm³/mol. The highest BCUT2D eigenvalue weighted by Crippen LogP contribution is 2.45. The van der Waals surface area contributed by atoms with Gasteiger partial charge in [0.1, 0.15) is 17.9 Å². The van der Waals surface area contributed by atoms with Crippen LogP contribution in [0.3, 0.4) is 0 Å². The average molecular weight is 453 g/mol. The van der Waals surface area contributed by atoms with Crippen LogP contribution in [-0.4, -0.2) is 21.3 Å². The minimum atomic E-state index is -0.184. The Balaban J connectivity index is 1.36. The minimum absolute atomic E-state index is 0.184. The number of thioether (sulfide) groups is 1. The molecule has 2 aromatic carbocycles. The first kappa shape index (κ1) is 20.2. The van der Waals surface area contributed by atoms with Gasteiger partial charge in [0.2, 0.25) is 0 Å². The maximum absolute atomic E-state index is 13.8. The third-order valence-corrected chi connectivity index (χ3v) is 7.57. The van der Waals surface area contributed by atoms with Crippen molar-refractivity contribution >= 4 is 29.2 Å². The van der Waals surface area contributed by atoms with E-state index in [4.69, 9.17) is 4.42 Å². The van der Waals surface area contributed by atoms with Crippen molar-refractivity contribution in [2.45, 2.75) is 33.4 Å². The molecule has 0 unspecified atom stereocenters. The molecule has 0 aliphatic carbocycles. The highest BCUT2D eigenvalue weighted by atomic mass is 32.2. The quantitative estimate of drug-likeness (QED) is 0.373. The lowest BCUT2D eigenvalue weighted by Gasteiger charge is -2.23. The van der Waals surface area contributed by atoms with Crippen LogP contribution in [0.2, 0.25) is 0 Å². The van der Waals surface area contributed by atoms with Gasteiger partial charge in [0.05, 0.1) is 12.2 Å². The summed E-state index contributed by atoms with van der Waals surface area (Å²) in [4.78, 5) is 3.55. The molecule has 0 spiro atoms. The number of aromatic nitrogens is 3. The van der Waals surface area contributed by atoms with Gasteiger partial charge in [-0.15, -0.1) is 22.0 Å². The Hall–Kier alpha value is -2.71. The van der Waals surface area contributed by atoms with E-state index >= 15 is 0 Å². The third-order valence-electron chi connectivity index (χ3n) is 5.20. The van der Waals surface area contributed by atoms with Gasteiger partial charge >= 0.3 is 0 Å². The summed E-state index contributed by atoms with van der Waals surface area (Å²) in [5.41, 5.74) is 2.22. The molecule has 0 fully saturated rings. The number of hydrogen-bond acceptors (Lipinski definition) is 6. The van der Waals surface area contributed by atoms with E-state index in [1.807, 2.05) is 29.8 Å². The van der Waals surface area contributed by atoms with Crippen molar-refractivity contribution in [2.75, 3.05) is 11.4 Å². The molecule has 4 aromatic rings. The molecule has 0 saturated carbocycles. The number of furan rings is 1. The first-order valence-corrected chi connectivity index (χ1v) is 11.7. The molecule has 0 saturated heterocycles. The molecule has 158 valence electrons. The van der Waals surface area contributed by atoms with Gasteiger partial charge in [-0.25, -0.2) is 4.39 Å². The van der Waals surface area contributed by atoms with Crippen LogP contribution in [0.1, 0.15) is 23.0 Å². The summed E-state index contributed by atoms with van der Waals surface area (Å²) in [6.45, 7) is 1.53. The molecular formula is C23H21FN4OS2. The Morgan fingerprint density at radius 1 is 1.16 bits per heavy atom. The Labute approximate surface area is 188 Å². The van der Waals surface area contributed by atoms with Crippen LogP contribution in [0.5, 0.6) is 0 Å². The van der Waals surface area contributed by atoms with Crippen molar-refractivity contribution in [1.82, 2.24) is 14.8 Å². The Kier molecular flexibility index (Phi) is 5.74. The standard InChI is InChI=1S/C23H21FN4OS2/c1-27-15-25-26-23(27)31-22-10-9-18(29-22)14-28-12-11-20(16-5-4-6-17(24)13-16)30-21-8-3-2-7-19(21)28/h2-10,13,15,20H,11-12,14H2,1H3/t20-/m0/s1. The van der Waals surface area contributed by atoms with Crippen LogP contribution < -0.4 is 4.90 Å². The van der Waals surface area contributed by atoms with Gasteiger partial charge < -0.3 is 13.9 Å². The number of hydrogen-bond donors (Lipinski definition) is 0. The number of halogens is 1. The van der Waals surface area contributed by atoms with Crippen molar-refractivity contribution in [3.63, 3.8) is 0 Å². The van der Waals surface area contributed by atoms with Gasteiger partial charge in [0, 0.05) is 23.7 Å². The smallest absolute Gasteiger partial charge is 0.198 e. The fraction of sp³-hybridized carbons (Fsp3) is 0.217. The van der Waals surface area contributed by atoms with E-state index in [0.29, 0.717) is 6.54 Å². The van der Waals surface area contributed by atoms with E-state index in [0.717, 1.165) is 34.5 Å². The topological polar surface area (TPSA) is 47.1 Å². The van der Waals surface area contributed by atoms with Crippen molar-refractivity contribution in [1.29, 1.82) is 0 Å². The second kappa shape index (κ2) is 8.80. The SMILES string of the molecule is Cn1cnnc1Sc1ccc(CN2CC[C@@H](c3cccc(F)c3)Sc3ccccc32)o1. The molecule has 1 atom stereocenters. The summed E-state index contributed by atoms with van der Waals surface area (Å²) in [5, 5.41) is 9.79.